The van der Waals surface area contributed by atoms with Gasteiger partial charge in [0.1, 0.15) is 0 Å². The Morgan fingerprint density at radius 3 is 3.00 bits per heavy atom. The first kappa shape index (κ1) is 5.63. The van der Waals surface area contributed by atoms with Gasteiger partial charge in [-0.3, -0.25) is 0 Å². The van der Waals surface area contributed by atoms with E-state index in [1.807, 2.05) is 17.6 Å². The molecular formula is C6H7NS. The molecule has 1 rings (SSSR count). The third-order valence-electron chi connectivity index (χ3n) is 0.920. The zero-order valence-electron chi connectivity index (χ0n) is 4.42. The minimum atomic E-state index is 0.958. The fraction of sp³-hybridized carbons (Fsp3) is 0.167. The van der Waals surface area contributed by atoms with Crippen molar-refractivity contribution in [3.05, 3.63) is 23.1 Å². The number of nitrogens with one attached hydrogen (secondary N) is 1. The lowest BCUT2D eigenvalue weighted by molar-refractivity contribution is 1.51. The van der Waals surface area contributed by atoms with Gasteiger partial charge in [0.2, 0.25) is 0 Å². The first-order valence-electron chi connectivity index (χ1n) is 2.41. The Morgan fingerprint density at radius 1 is 1.75 bits per heavy atom. The summed E-state index contributed by atoms with van der Waals surface area (Å²) in [5.74, 6) is 0.958. The van der Waals surface area contributed by atoms with Gasteiger partial charge in [0, 0.05) is 12.0 Å². The molecule has 0 amide bonds. The summed E-state index contributed by atoms with van der Waals surface area (Å²) < 4.78 is 0. The first-order valence-corrected chi connectivity index (χ1v) is 3.46. The Balaban J connectivity index is 2.63. The lowest BCUT2D eigenvalue weighted by Gasteiger charge is -1.99. The van der Waals surface area contributed by atoms with Crippen molar-refractivity contribution in [2.75, 3.05) is 5.75 Å². The average Bonchev–Trinajstić information content (AvgIpc) is 1.90. The number of thioether (sulfide) groups is 1. The fourth-order valence-electron chi connectivity index (χ4n) is 0.501. The predicted molar refractivity (Wildman–Crippen MR) is 38.5 cm³/mol. The van der Waals surface area contributed by atoms with E-state index in [1.165, 1.54) is 6.21 Å². The van der Waals surface area contributed by atoms with Crippen molar-refractivity contribution in [2.45, 2.75) is 0 Å². The minimum absolute atomic E-state index is 0.958. The molecule has 0 bridgehead atoms. The Morgan fingerprint density at radius 2 is 2.62 bits per heavy atom. The van der Waals surface area contributed by atoms with Crippen molar-refractivity contribution in [3.8, 4) is 0 Å². The van der Waals surface area contributed by atoms with E-state index in [1.54, 1.807) is 11.8 Å². The summed E-state index contributed by atoms with van der Waals surface area (Å²) >= 11 is 1.73. The quantitative estimate of drug-likeness (QED) is 0.531. The molecule has 0 saturated heterocycles. The van der Waals surface area contributed by atoms with Crippen molar-refractivity contribution >= 4 is 18.0 Å². The highest BCUT2D eigenvalue weighted by Gasteiger charge is 1.92. The monoisotopic (exact) mass is 125 g/mol. The lowest BCUT2D eigenvalue weighted by atomic mass is 10.3. The molecule has 0 aromatic carbocycles. The molecule has 1 nitrogen and oxygen atoms in total. The van der Waals surface area contributed by atoms with E-state index in [0.717, 1.165) is 11.3 Å². The number of rotatable bonds is 1. The molecule has 0 spiro atoms. The van der Waals surface area contributed by atoms with Gasteiger partial charge < -0.3 is 5.41 Å². The highest BCUT2D eigenvalue weighted by Crippen LogP contribution is 2.12. The molecule has 42 valence electrons. The third kappa shape index (κ3) is 1.23. The van der Waals surface area contributed by atoms with E-state index >= 15 is 0 Å². The van der Waals surface area contributed by atoms with Gasteiger partial charge in [-0.25, -0.2) is 0 Å². The Hall–Kier alpha value is -0.500. The van der Waals surface area contributed by atoms with Crippen LogP contribution in [0.2, 0.25) is 0 Å². The number of allylic oxidation sites excluding steroid dienone is 2. The molecule has 0 aromatic rings. The standard InChI is InChI=1S/C6H7NS/c7-4-6-2-1-3-8-5-6/h1-4,7H,5H2. The van der Waals surface area contributed by atoms with Crippen LogP contribution in [-0.2, 0) is 0 Å². The summed E-state index contributed by atoms with van der Waals surface area (Å²) in [5, 5.41) is 8.89. The molecule has 1 heterocycles. The molecule has 2 heteroatoms. The van der Waals surface area contributed by atoms with Crippen LogP contribution in [0.3, 0.4) is 0 Å². The fourth-order valence-corrected chi connectivity index (χ4v) is 1.16. The van der Waals surface area contributed by atoms with Crippen molar-refractivity contribution in [2.24, 2.45) is 0 Å². The second-order valence-electron chi connectivity index (χ2n) is 1.53. The Kier molecular flexibility index (Phi) is 1.92. The van der Waals surface area contributed by atoms with Gasteiger partial charge >= 0.3 is 0 Å². The SMILES string of the molecule is N=CC1=CC=CSC1. The van der Waals surface area contributed by atoms with Crippen molar-refractivity contribution in [1.29, 1.82) is 5.41 Å². The summed E-state index contributed by atoms with van der Waals surface area (Å²) in [7, 11) is 0. The van der Waals surface area contributed by atoms with Crippen LogP contribution in [-0.4, -0.2) is 12.0 Å². The van der Waals surface area contributed by atoms with Crippen LogP contribution in [0.25, 0.3) is 0 Å². The van der Waals surface area contributed by atoms with E-state index in [9.17, 15) is 0 Å². The van der Waals surface area contributed by atoms with Crippen LogP contribution in [0.5, 0.6) is 0 Å². The maximum atomic E-state index is 6.86. The molecule has 0 atom stereocenters. The molecule has 0 unspecified atom stereocenters. The summed E-state index contributed by atoms with van der Waals surface area (Å²) in [5.41, 5.74) is 1.09. The molecule has 0 aliphatic carbocycles. The first-order chi connectivity index (χ1) is 3.93. The minimum Gasteiger partial charge on any atom is -0.308 e. The van der Waals surface area contributed by atoms with Crippen molar-refractivity contribution in [1.82, 2.24) is 0 Å². The summed E-state index contributed by atoms with van der Waals surface area (Å²) in [6, 6.07) is 0. The molecular weight excluding hydrogens is 118 g/mol. The Bertz CT molecular complexity index is 147. The van der Waals surface area contributed by atoms with Gasteiger partial charge in [-0.1, -0.05) is 12.2 Å². The zero-order valence-corrected chi connectivity index (χ0v) is 5.24. The average molecular weight is 125 g/mol. The summed E-state index contributed by atoms with van der Waals surface area (Å²) in [4.78, 5) is 0. The van der Waals surface area contributed by atoms with Gasteiger partial charge in [-0.15, -0.1) is 11.8 Å². The van der Waals surface area contributed by atoms with Gasteiger partial charge in [0.05, 0.1) is 0 Å². The van der Waals surface area contributed by atoms with E-state index in [0.29, 0.717) is 0 Å². The summed E-state index contributed by atoms with van der Waals surface area (Å²) in [6.07, 6.45) is 5.33. The lowest BCUT2D eigenvalue weighted by Crippen LogP contribution is -1.88. The second-order valence-corrected chi connectivity index (χ2v) is 2.42. The molecule has 0 saturated carbocycles. The van der Waals surface area contributed by atoms with E-state index in [4.69, 9.17) is 5.41 Å². The van der Waals surface area contributed by atoms with Crippen LogP contribution >= 0.6 is 11.8 Å². The van der Waals surface area contributed by atoms with Crippen LogP contribution in [0, 0.1) is 5.41 Å². The van der Waals surface area contributed by atoms with E-state index in [2.05, 4.69) is 0 Å². The predicted octanol–water partition coefficient (Wildman–Crippen LogP) is 1.82. The number of hydrogen-bond acceptors (Lipinski definition) is 2. The van der Waals surface area contributed by atoms with E-state index in [-0.39, 0.29) is 0 Å². The van der Waals surface area contributed by atoms with Crippen molar-refractivity contribution in [3.63, 3.8) is 0 Å². The molecule has 8 heavy (non-hydrogen) atoms. The Labute approximate surface area is 53.0 Å². The van der Waals surface area contributed by atoms with Crippen LogP contribution < -0.4 is 0 Å². The number of hydrogen-bond donors (Lipinski definition) is 1. The van der Waals surface area contributed by atoms with Gasteiger partial charge in [-0.05, 0) is 11.0 Å². The molecule has 0 fully saturated rings. The van der Waals surface area contributed by atoms with Crippen LogP contribution in [0.1, 0.15) is 0 Å². The normalized spacial score (nSPS) is 17.8. The van der Waals surface area contributed by atoms with Gasteiger partial charge in [0.15, 0.2) is 0 Å². The topological polar surface area (TPSA) is 23.9 Å². The third-order valence-corrected chi connectivity index (χ3v) is 1.77. The molecule has 1 aliphatic rings. The summed E-state index contributed by atoms with van der Waals surface area (Å²) in [6.45, 7) is 0. The zero-order chi connectivity index (χ0) is 5.82. The molecule has 1 aliphatic heterocycles. The van der Waals surface area contributed by atoms with Gasteiger partial charge in [-0.2, -0.15) is 0 Å². The maximum absolute atomic E-state index is 6.86. The molecule has 0 radical (unpaired) electrons. The van der Waals surface area contributed by atoms with Crippen LogP contribution in [0.4, 0.5) is 0 Å². The van der Waals surface area contributed by atoms with Crippen LogP contribution in [0.15, 0.2) is 23.1 Å². The second kappa shape index (κ2) is 2.72. The highest BCUT2D eigenvalue weighted by atomic mass is 32.2. The largest absolute Gasteiger partial charge is 0.308 e. The van der Waals surface area contributed by atoms with E-state index < -0.39 is 0 Å². The maximum Gasteiger partial charge on any atom is 0.0241 e. The van der Waals surface area contributed by atoms with Gasteiger partial charge in [0.25, 0.3) is 0 Å². The van der Waals surface area contributed by atoms with Crippen molar-refractivity contribution < 1.29 is 0 Å². The smallest absolute Gasteiger partial charge is 0.0241 e. The molecule has 1 N–H and O–H groups in total. The highest BCUT2D eigenvalue weighted by molar-refractivity contribution is 8.02. The molecule has 0 aromatic heterocycles.